The number of hydrogen-bond acceptors (Lipinski definition) is 5. The SMILES string of the molecule is CCOC(=O)c1ccc2c(C(=Nc3cc(Cl)c(N(C)C)c(Cl)c3)c3ccccc3)c(O)[nH]c2c1. The molecule has 4 aromatic rings. The lowest BCUT2D eigenvalue weighted by atomic mass is 10.00. The third-order valence-electron chi connectivity index (χ3n) is 5.26. The summed E-state index contributed by atoms with van der Waals surface area (Å²) in [7, 11) is 3.72. The van der Waals surface area contributed by atoms with Crippen molar-refractivity contribution < 1.29 is 14.6 Å². The van der Waals surface area contributed by atoms with E-state index in [1.54, 1.807) is 37.3 Å². The van der Waals surface area contributed by atoms with Gasteiger partial charge < -0.3 is 19.7 Å². The summed E-state index contributed by atoms with van der Waals surface area (Å²) in [6.45, 7) is 2.03. The number of carbonyl (C=O) groups is 1. The van der Waals surface area contributed by atoms with Crippen molar-refractivity contribution in [1.82, 2.24) is 4.98 Å². The van der Waals surface area contributed by atoms with E-state index in [1.807, 2.05) is 49.3 Å². The summed E-state index contributed by atoms with van der Waals surface area (Å²) < 4.78 is 5.09. The van der Waals surface area contributed by atoms with Crippen LogP contribution in [0.3, 0.4) is 0 Å². The number of aromatic hydroxyl groups is 1. The summed E-state index contributed by atoms with van der Waals surface area (Å²) in [5.41, 5.74) is 4.02. The predicted molar refractivity (Wildman–Crippen MR) is 138 cm³/mol. The van der Waals surface area contributed by atoms with E-state index in [0.717, 1.165) is 5.56 Å². The standard InChI is InChI=1S/C26H23Cl2N3O3/c1-4-34-26(33)16-10-11-18-21(12-16)30-25(32)22(18)23(15-8-6-5-7-9-15)29-17-13-19(27)24(31(2)3)20(28)14-17/h5-14,30,32H,4H2,1-3H3. The number of carbonyl (C=O) groups excluding carboxylic acids is 1. The summed E-state index contributed by atoms with van der Waals surface area (Å²) in [6.07, 6.45) is 0. The Morgan fingerprint density at radius 2 is 1.71 bits per heavy atom. The molecule has 8 heteroatoms. The molecule has 0 saturated carbocycles. The molecule has 0 atom stereocenters. The number of halogens is 2. The first-order valence-electron chi connectivity index (χ1n) is 10.6. The first kappa shape index (κ1) is 23.7. The van der Waals surface area contributed by atoms with Gasteiger partial charge in [0, 0.05) is 30.6 Å². The van der Waals surface area contributed by atoms with Crippen molar-refractivity contribution in [3.05, 3.63) is 87.4 Å². The molecule has 0 bridgehead atoms. The average molecular weight is 496 g/mol. The van der Waals surface area contributed by atoms with Gasteiger partial charge in [0.2, 0.25) is 0 Å². The Labute approximate surface area is 207 Å². The van der Waals surface area contributed by atoms with Crippen molar-refractivity contribution in [2.24, 2.45) is 4.99 Å². The smallest absolute Gasteiger partial charge is 0.338 e. The van der Waals surface area contributed by atoms with Crippen LogP contribution in [0.2, 0.25) is 10.0 Å². The van der Waals surface area contributed by atoms with Crippen LogP contribution in [0.4, 0.5) is 11.4 Å². The molecule has 0 fully saturated rings. The van der Waals surface area contributed by atoms with Crippen LogP contribution in [0.25, 0.3) is 10.9 Å². The van der Waals surface area contributed by atoms with E-state index >= 15 is 0 Å². The van der Waals surface area contributed by atoms with Crippen LogP contribution < -0.4 is 4.90 Å². The van der Waals surface area contributed by atoms with Crippen molar-refractivity contribution >= 4 is 57.2 Å². The summed E-state index contributed by atoms with van der Waals surface area (Å²) in [6, 6.07) is 18.0. The van der Waals surface area contributed by atoms with E-state index in [1.165, 1.54) is 0 Å². The number of fused-ring (bicyclic) bond motifs is 1. The number of ether oxygens (including phenoxy) is 1. The maximum atomic E-state index is 12.2. The molecule has 0 saturated heterocycles. The van der Waals surface area contributed by atoms with E-state index in [4.69, 9.17) is 32.9 Å². The van der Waals surface area contributed by atoms with Crippen LogP contribution >= 0.6 is 23.2 Å². The maximum Gasteiger partial charge on any atom is 0.338 e. The summed E-state index contributed by atoms with van der Waals surface area (Å²) in [4.78, 5) is 21.8. The van der Waals surface area contributed by atoms with Crippen LogP contribution in [0.15, 0.2) is 65.7 Å². The van der Waals surface area contributed by atoms with Crippen molar-refractivity contribution in [3.63, 3.8) is 0 Å². The number of H-pyrrole nitrogens is 1. The van der Waals surface area contributed by atoms with Gasteiger partial charge in [-0.2, -0.15) is 0 Å². The summed E-state index contributed by atoms with van der Waals surface area (Å²) in [5.74, 6) is -0.497. The first-order valence-corrected chi connectivity index (χ1v) is 11.4. The monoisotopic (exact) mass is 495 g/mol. The minimum absolute atomic E-state index is 0.0688. The molecule has 174 valence electrons. The molecule has 6 nitrogen and oxygen atoms in total. The van der Waals surface area contributed by atoms with Gasteiger partial charge >= 0.3 is 5.97 Å². The molecule has 3 aromatic carbocycles. The van der Waals surface area contributed by atoms with Crippen LogP contribution in [0.1, 0.15) is 28.4 Å². The number of nitrogens with one attached hydrogen (secondary N) is 1. The number of benzene rings is 3. The Morgan fingerprint density at radius 3 is 2.32 bits per heavy atom. The number of rotatable bonds is 6. The molecule has 4 rings (SSSR count). The normalized spacial score (nSPS) is 11.6. The van der Waals surface area contributed by atoms with E-state index in [9.17, 15) is 9.90 Å². The zero-order valence-electron chi connectivity index (χ0n) is 18.9. The molecule has 0 spiro atoms. The summed E-state index contributed by atoms with van der Waals surface area (Å²) >= 11 is 13.0. The van der Waals surface area contributed by atoms with Crippen LogP contribution in [0.5, 0.6) is 5.88 Å². The molecule has 1 aromatic heterocycles. The van der Waals surface area contributed by atoms with E-state index in [0.29, 0.717) is 49.2 Å². The van der Waals surface area contributed by atoms with Gasteiger partial charge in [-0.15, -0.1) is 0 Å². The third-order valence-corrected chi connectivity index (χ3v) is 5.84. The number of aromatic nitrogens is 1. The van der Waals surface area contributed by atoms with Crippen molar-refractivity contribution in [2.45, 2.75) is 6.92 Å². The Balaban J connectivity index is 1.92. The van der Waals surface area contributed by atoms with Crippen LogP contribution in [-0.2, 0) is 4.74 Å². The highest BCUT2D eigenvalue weighted by Gasteiger charge is 2.20. The lowest BCUT2D eigenvalue weighted by Crippen LogP contribution is -2.09. The van der Waals surface area contributed by atoms with Crippen molar-refractivity contribution in [1.29, 1.82) is 0 Å². The van der Waals surface area contributed by atoms with Gasteiger partial charge in [0.25, 0.3) is 0 Å². The molecule has 34 heavy (non-hydrogen) atoms. The highest BCUT2D eigenvalue weighted by Crippen LogP contribution is 2.38. The fourth-order valence-corrected chi connectivity index (χ4v) is 4.61. The van der Waals surface area contributed by atoms with Gasteiger partial charge in [-0.05, 0) is 31.2 Å². The van der Waals surface area contributed by atoms with Gasteiger partial charge in [0.15, 0.2) is 5.88 Å². The molecular weight excluding hydrogens is 473 g/mol. The molecule has 1 heterocycles. The Kier molecular flexibility index (Phi) is 6.82. The molecule has 0 unspecified atom stereocenters. The molecule has 2 N–H and O–H groups in total. The Bertz CT molecular complexity index is 1370. The average Bonchev–Trinajstić information content (AvgIpc) is 3.12. The number of nitrogens with zero attached hydrogens (tertiary/aromatic N) is 2. The third kappa shape index (κ3) is 4.60. The molecule has 0 aliphatic heterocycles. The van der Waals surface area contributed by atoms with Crippen molar-refractivity contribution in [3.8, 4) is 5.88 Å². The topological polar surface area (TPSA) is 77.9 Å². The number of aromatic amines is 1. The maximum absolute atomic E-state index is 12.2. The highest BCUT2D eigenvalue weighted by molar-refractivity contribution is 6.39. The van der Waals surface area contributed by atoms with Crippen molar-refractivity contribution in [2.75, 3.05) is 25.6 Å². The molecule has 0 radical (unpaired) electrons. The quantitative estimate of drug-likeness (QED) is 0.233. The van der Waals surface area contributed by atoms with Gasteiger partial charge in [-0.1, -0.05) is 59.6 Å². The second-order valence-electron chi connectivity index (χ2n) is 7.81. The molecule has 0 amide bonds. The first-order chi connectivity index (χ1) is 16.3. The van der Waals surface area contributed by atoms with Crippen LogP contribution in [-0.4, -0.2) is 42.5 Å². The zero-order valence-corrected chi connectivity index (χ0v) is 20.4. The fraction of sp³-hybridized carbons (Fsp3) is 0.154. The largest absolute Gasteiger partial charge is 0.494 e. The van der Waals surface area contributed by atoms with Gasteiger partial charge in [-0.25, -0.2) is 9.79 Å². The second kappa shape index (κ2) is 9.79. The van der Waals surface area contributed by atoms with Gasteiger partial charge in [-0.3, -0.25) is 0 Å². The number of anilines is 1. The Hall–Kier alpha value is -3.48. The number of hydrogen-bond donors (Lipinski definition) is 2. The number of esters is 1. The van der Waals surface area contributed by atoms with Crippen LogP contribution in [0, 0.1) is 0 Å². The number of aliphatic imine (C=N–C) groups is 1. The van der Waals surface area contributed by atoms with Gasteiger partial charge in [0.1, 0.15) is 0 Å². The van der Waals surface area contributed by atoms with E-state index < -0.39 is 5.97 Å². The lowest BCUT2D eigenvalue weighted by molar-refractivity contribution is 0.0526. The second-order valence-corrected chi connectivity index (χ2v) is 8.62. The van der Waals surface area contributed by atoms with E-state index in [2.05, 4.69) is 4.98 Å². The molecular formula is C26H23Cl2N3O3. The summed E-state index contributed by atoms with van der Waals surface area (Å²) in [5, 5.41) is 12.5. The zero-order chi connectivity index (χ0) is 24.4. The lowest BCUT2D eigenvalue weighted by Gasteiger charge is -2.17. The van der Waals surface area contributed by atoms with Gasteiger partial charge in [0.05, 0.1) is 44.9 Å². The predicted octanol–water partition coefficient (Wildman–Crippen LogP) is 6.59. The fourth-order valence-electron chi connectivity index (χ4n) is 3.80. The minimum atomic E-state index is -0.428. The minimum Gasteiger partial charge on any atom is -0.494 e. The van der Waals surface area contributed by atoms with E-state index in [-0.39, 0.29) is 12.5 Å². The Morgan fingerprint density at radius 1 is 1.03 bits per heavy atom. The highest BCUT2D eigenvalue weighted by atomic mass is 35.5. The molecule has 0 aliphatic rings. The molecule has 0 aliphatic carbocycles.